The van der Waals surface area contributed by atoms with Gasteiger partial charge in [0.2, 0.25) is 0 Å². The SMILES string of the molecule is Cc1c[n+](C)c(C)cn1. The van der Waals surface area contributed by atoms with E-state index in [-0.39, 0.29) is 0 Å². The van der Waals surface area contributed by atoms with Crippen LogP contribution in [0.25, 0.3) is 0 Å². The topological polar surface area (TPSA) is 16.8 Å². The summed E-state index contributed by atoms with van der Waals surface area (Å²) in [6, 6.07) is 0. The smallest absolute Gasteiger partial charge is 0.196 e. The first kappa shape index (κ1) is 6.20. The second-order valence-electron chi connectivity index (χ2n) is 2.28. The maximum absolute atomic E-state index is 4.12. The van der Waals surface area contributed by atoms with Crippen LogP contribution in [0.2, 0.25) is 0 Å². The van der Waals surface area contributed by atoms with E-state index in [1.165, 1.54) is 5.69 Å². The summed E-state index contributed by atoms with van der Waals surface area (Å²) in [7, 11) is 2.02. The normalized spacial score (nSPS) is 9.67. The van der Waals surface area contributed by atoms with Crippen LogP contribution in [-0.2, 0) is 7.05 Å². The molecule has 0 unspecified atom stereocenters. The van der Waals surface area contributed by atoms with Crippen LogP contribution in [0.1, 0.15) is 11.4 Å². The molecular weight excluding hydrogens is 112 g/mol. The highest BCUT2D eigenvalue weighted by Crippen LogP contribution is 1.86. The molecule has 0 aliphatic carbocycles. The fraction of sp³-hybridized carbons (Fsp3) is 0.429. The summed E-state index contributed by atoms with van der Waals surface area (Å²) in [6.45, 7) is 4.02. The van der Waals surface area contributed by atoms with E-state index < -0.39 is 0 Å². The number of hydrogen-bond acceptors (Lipinski definition) is 1. The molecule has 1 heterocycles. The largest absolute Gasteiger partial charge is 0.249 e. The van der Waals surface area contributed by atoms with Crippen molar-refractivity contribution in [2.45, 2.75) is 13.8 Å². The Bertz CT molecular complexity index is 218. The minimum atomic E-state index is 1.06. The Kier molecular flexibility index (Phi) is 1.47. The fourth-order valence-corrected chi connectivity index (χ4v) is 0.702. The molecule has 1 rings (SSSR count). The molecule has 0 aliphatic heterocycles. The van der Waals surface area contributed by atoms with Gasteiger partial charge in [0, 0.05) is 6.92 Å². The Morgan fingerprint density at radius 2 is 2.11 bits per heavy atom. The monoisotopic (exact) mass is 123 g/mol. The molecule has 0 N–H and O–H groups in total. The van der Waals surface area contributed by atoms with Crippen LogP contribution < -0.4 is 4.57 Å². The summed E-state index contributed by atoms with van der Waals surface area (Å²) in [5, 5.41) is 0. The number of nitrogens with zero attached hydrogens (tertiary/aromatic N) is 2. The van der Waals surface area contributed by atoms with E-state index in [0.29, 0.717) is 0 Å². The van der Waals surface area contributed by atoms with Crippen LogP contribution in [-0.4, -0.2) is 4.98 Å². The average Bonchev–Trinajstić information content (AvgIpc) is 1.80. The fourth-order valence-electron chi connectivity index (χ4n) is 0.702. The molecule has 0 radical (unpaired) electrons. The molecule has 0 saturated heterocycles. The Labute approximate surface area is 55.2 Å². The Hall–Kier alpha value is -0.920. The lowest BCUT2D eigenvalue weighted by Crippen LogP contribution is -2.31. The van der Waals surface area contributed by atoms with Crippen LogP contribution in [0.3, 0.4) is 0 Å². The van der Waals surface area contributed by atoms with Crippen molar-refractivity contribution < 1.29 is 4.57 Å². The molecule has 0 aliphatic rings. The number of aromatic nitrogens is 2. The zero-order valence-electron chi connectivity index (χ0n) is 6.05. The molecule has 2 heteroatoms. The van der Waals surface area contributed by atoms with Crippen LogP contribution in [0.15, 0.2) is 12.4 Å². The molecule has 0 amide bonds. The summed E-state index contributed by atoms with van der Waals surface area (Å²) < 4.78 is 2.06. The van der Waals surface area contributed by atoms with Gasteiger partial charge in [-0.15, -0.1) is 0 Å². The zero-order valence-corrected chi connectivity index (χ0v) is 6.05. The van der Waals surface area contributed by atoms with Gasteiger partial charge in [0.05, 0.1) is 6.20 Å². The second-order valence-corrected chi connectivity index (χ2v) is 2.28. The highest BCUT2D eigenvalue weighted by Gasteiger charge is 1.98. The van der Waals surface area contributed by atoms with Crippen LogP contribution in [0.5, 0.6) is 0 Å². The lowest BCUT2D eigenvalue weighted by molar-refractivity contribution is -0.678. The van der Waals surface area contributed by atoms with E-state index in [0.717, 1.165) is 5.69 Å². The quantitative estimate of drug-likeness (QED) is 0.460. The molecule has 9 heavy (non-hydrogen) atoms. The van der Waals surface area contributed by atoms with Crippen LogP contribution >= 0.6 is 0 Å². The van der Waals surface area contributed by atoms with Gasteiger partial charge < -0.3 is 0 Å². The first-order valence-corrected chi connectivity index (χ1v) is 2.99. The molecule has 1 aromatic heterocycles. The van der Waals surface area contributed by atoms with Crippen molar-refractivity contribution in [1.82, 2.24) is 4.98 Å². The zero-order chi connectivity index (χ0) is 6.85. The third-order valence-electron chi connectivity index (χ3n) is 1.39. The van der Waals surface area contributed by atoms with Crippen molar-refractivity contribution in [3.63, 3.8) is 0 Å². The molecule has 2 nitrogen and oxygen atoms in total. The van der Waals surface area contributed by atoms with E-state index in [1.807, 2.05) is 33.3 Å². The summed E-state index contributed by atoms with van der Waals surface area (Å²) >= 11 is 0. The molecule has 0 fully saturated rings. The van der Waals surface area contributed by atoms with E-state index in [1.54, 1.807) is 0 Å². The third-order valence-corrected chi connectivity index (χ3v) is 1.39. The van der Waals surface area contributed by atoms with E-state index >= 15 is 0 Å². The summed E-state index contributed by atoms with van der Waals surface area (Å²) in [4.78, 5) is 4.12. The Morgan fingerprint density at radius 3 is 2.56 bits per heavy atom. The van der Waals surface area contributed by atoms with Gasteiger partial charge in [-0.2, -0.15) is 0 Å². The molecular formula is C7H11N2+. The van der Waals surface area contributed by atoms with E-state index in [4.69, 9.17) is 0 Å². The van der Waals surface area contributed by atoms with Crippen molar-refractivity contribution in [3.8, 4) is 0 Å². The van der Waals surface area contributed by atoms with Crippen LogP contribution in [0.4, 0.5) is 0 Å². The Morgan fingerprint density at radius 1 is 1.44 bits per heavy atom. The van der Waals surface area contributed by atoms with E-state index in [2.05, 4.69) is 9.55 Å². The van der Waals surface area contributed by atoms with Gasteiger partial charge in [0.1, 0.15) is 12.7 Å². The van der Waals surface area contributed by atoms with Crippen molar-refractivity contribution in [3.05, 3.63) is 23.8 Å². The van der Waals surface area contributed by atoms with Gasteiger partial charge >= 0.3 is 0 Å². The lowest BCUT2D eigenvalue weighted by Gasteiger charge is -1.91. The number of aryl methyl sites for hydroxylation is 3. The summed E-state index contributed by atoms with van der Waals surface area (Å²) in [6.07, 6.45) is 3.88. The summed E-state index contributed by atoms with van der Waals surface area (Å²) in [5.74, 6) is 0. The predicted octanol–water partition coefficient (Wildman–Crippen LogP) is 0.523. The number of hydrogen-bond donors (Lipinski definition) is 0. The highest BCUT2D eigenvalue weighted by molar-refractivity contribution is 4.90. The van der Waals surface area contributed by atoms with Crippen molar-refractivity contribution in [2.24, 2.45) is 7.05 Å². The maximum atomic E-state index is 4.12. The first-order chi connectivity index (χ1) is 4.20. The van der Waals surface area contributed by atoms with Crippen molar-refractivity contribution in [1.29, 1.82) is 0 Å². The van der Waals surface area contributed by atoms with Gasteiger partial charge in [-0.25, -0.2) is 9.55 Å². The van der Waals surface area contributed by atoms with Crippen molar-refractivity contribution in [2.75, 3.05) is 0 Å². The molecule has 1 aromatic rings. The first-order valence-electron chi connectivity index (χ1n) is 2.99. The number of rotatable bonds is 0. The average molecular weight is 123 g/mol. The molecule has 0 aromatic carbocycles. The van der Waals surface area contributed by atoms with Gasteiger partial charge in [0.25, 0.3) is 0 Å². The Balaban J connectivity index is 3.17. The molecule has 0 spiro atoms. The summed E-state index contributed by atoms with van der Waals surface area (Å²) in [5.41, 5.74) is 2.24. The van der Waals surface area contributed by atoms with Crippen LogP contribution in [0, 0.1) is 13.8 Å². The maximum Gasteiger partial charge on any atom is 0.196 e. The molecule has 0 saturated carbocycles. The third kappa shape index (κ3) is 1.25. The van der Waals surface area contributed by atoms with Crippen molar-refractivity contribution >= 4 is 0 Å². The molecule has 48 valence electrons. The minimum Gasteiger partial charge on any atom is -0.249 e. The standard InChI is InChI=1S/C7H11N2/c1-6-5-9(3)7(2)4-8-6/h4-5H,1-3H3/q+1. The molecule has 0 atom stereocenters. The molecule has 0 bridgehead atoms. The van der Waals surface area contributed by atoms with Gasteiger partial charge in [-0.3, -0.25) is 0 Å². The minimum absolute atomic E-state index is 1.06. The predicted molar refractivity (Wildman–Crippen MR) is 34.9 cm³/mol. The van der Waals surface area contributed by atoms with Gasteiger partial charge in [-0.1, -0.05) is 0 Å². The highest BCUT2D eigenvalue weighted by atomic mass is 14.9. The lowest BCUT2D eigenvalue weighted by atomic mass is 10.4. The van der Waals surface area contributed by atoms with Gasteiger partial charge in [-0.05, 0) is 6.92 Å². The van der Waals surface area contributed by atoms with Gasteiger partial charge in [0.15, 0.2) is 11.9 Å². The van der Waals surface area contributed by atoms with E-state index in [9.17, 15) is 0 Å². The second kappa shape index (κ2) is 2.13.